The normalized spacial score (nSPS) is 12.2. The van der Waals surface area contributed by atoms with Crippen molar-refractivity contribution in [2.24, 2.45) is 0 Å². The number of carbonyl (C=O) groups excluding carboxylic acids is 1. The van der Waals surface area contributed by atoms with Crippen LogP contribution in [0.15, 0.2) is 55.0 Å². The molecule has 6 nitrogen and oxygen atoms in total. The van der Waals surface area contributed by atoms with Crippen molar-refractivity contribution in [3.63, 3.8) is 0 Å². The SMILES string of the molecule is C[C@H](Oc1ccccc1)C(=O)NCCn1ccn2nccc12. The Balaban J connectivity index is 1.49. The lowest BCUT2D eigenvalue weighted by atomic mass is 10.3. The van der Waals surface area contributed by atoms with Crippen LogP contribution in [0, 0.1) is 0 Å². The summed E-state index contributed by atoms with van der Waals surface area (Å²) in [5.41, 5.74) is 1.00. The summed E-state index contributed by atoms with van der Waals surface area (Å²) in [5.74, 6) is 0.567. The molecule has 0 saturated carbocycles. The molecule has 1 N–H and O–H groups in total. The summed E-state index contributed by atoms with van der Waals surface area (Å²) in [4.78, 5) is 12.0. The van der Waals surface area contributed by atoms with Gasteiger partial charge in [-0.25, -0.2) is 4.52 Å². The van der Waals surface area contributed by atoms with Crippen LogP contribution in [0.25, 0.3) is 5.65 Å². The van der Waals surface area contributed by atoms with Crippen LogP contribution < -0.4 is 10.1 Å². The number of amides is 1. The highest BCUT2D eigenvalue weighted by atomic mass is 16.5. The predicted molar refractivity (Wildman–Crippen MR) is 82.7 cm³/mol. The molecule has 0 aliphatic heterocycles. The highest BCUT2D eigenvalue weighted by Crippen LogP contribution is 2.10. The number of hydrogen-bond acceptors (Lipinski definition) is 3. The fourth-order valence-electron chi connectivity index (χ4n) is 2.26. The molecule has 0 radical (unpaired) electrons. The first-order chi connectivity index (χ1) is 10.7. The van der Waals surface area contributed by atoms with Crippen molar-refractivity contribution < 1.29 is 9.53 Å². The number of nitrogens with zero attached hydrogens (tertiary/aromatic N) is 3. The zero-order valence-electron chi connectivity index (χ0n) is 12.3. The van der Waals surface area contributed by atoms with Crippen LogP contribution in [0.1, 0.15) is 6.92 Å². The number of benzene rings is 1. The summed E-state index contributed by atoms with van der Waals surface area (Å²) >= 11 is 0. The molecule has 0 spiro atoms. The number of nitrogens with one attached hydrogen (secondary N) is 1. The third-order valence-electron chi connectivity index (χ3n) is 3.41. The summed E-state index contributed by atoms with van der Waals surface area (Å²) < 4.78 is 9.42. The Hall–Kier alpha value is -2.76. The quantitative estimate of drug-likeness (QED) is 0.754. The van der Waals surface area contributed by atoms with E-state index in [-0.39, 0.29) is 5.91 Å². The molecule has 1 atom stereocenters. The lowest BCUT2D eigenvalue weighted by Crippen LogP contribution is -2.37. The van der Waals surface area contributed by atoms with Crippen LogP contribution in [0.3, 0.4) is 0 Å². The van der Waals surface area contributed by atoms with Gasteiger partial charge in [-0.1, -0.05) is 18.2 Å². The van der Waals surface area contributed by atoms with Gasteiger partial charge in [0.15, 0.2) is 6.10 Å². The van der Waals surface area contributed by atoms with Crippen molar-refractivity contribution >= 4 is 11.6 Å². The summed E-state index contributed by atoms with van der Waals surface area (Å²) in [6, 6.07) is 11.3. The van der Waals surface area contributed by atoms with Crippen LogP contribution in [0.5, 0.6) is 5.75 Å². The second-order valence-corrected chi connectivity index (χ2v) is 4.99. The van der Waals surface area contributed by atoms with Crippen LogP contribution in [-0.4, -0.2) is 32.7 Å². The molecule has 0 aliphatic carbocycles. The van der Waals surface area contributed by atoms with Gasteiger partial charge in [-0.05, 0) is 19.1 Å². The first kappa shape index (κ1) is 14.2. The number of para-hydroxylation sites is 1. The van der Waals surface area contributed by atoms with E-state index in [0.717, 1.165) is 5.65 Å². The number of aromatic nitrogens is 3. The lowest BCUT2D eigenvalue weighted by molar-refractivity contribution is -0.127. The Morgan fingerprint density at radius 2 is 2.09 bits per heavy atom. The van der Waals surface area contributed by atoms with E-state index in [2.05, 4.69) is 10.4 Å². The molecule has 0 saturated heterocycles. The van der Waals surface area contributed by atoms with E-state index in [9.17, 15) is 4.79 Å². The first-order valence-electron chi connectivity index (χ1n) is 7.22. The van der Waals surface area contributed by atoms with E-state index in [1.165, 1.54) is 0 Å². The summed E-state index contributed by atoms with van der Waals surface area (Å²) in [7, 11) is 0. The summed E-state index contributed by atoms with van der Waals surface area (Å²) in [5, 5.41) is 7.03. The van der Waals surface area contributed by atoms with Gasteiger partial charge in [-0.3, -0.25) is 4.79 Å². The highest BCUT2D eigenvalue weighted by Gasteiger charge is 2.13. The van der Waals surface area contributed by atoms with Gasteiger partial charge in [0.25, 0.3) is 5.91 Å². The van der Waals surface area contributed by atoms with Gasteiger partial charge in [-0.15, -0.1) is 0 Å². The molecule has 1 amide bonds. The molecule has 0 unspecified atom stereocenters. The van der Waals surface area contributed by atoms with Crippen molar-refractivity contribution in [1.29, 1.82) is 0 Å². The zero-order valence-corrected chi connectivity index (χ0v) is 12.3. The van der Waals surface area contributed by atoms with E-state index >= 15 is 0 Å². The number of fused-ring (bicyclic) bond motifs is 1. The molecular weight excluding hydrogens is 280 g/mol. The number of rotatable bonds is 6. The minimum absolute atomic E-state index is 0.125. The third-order valence-corrected chi connectivity index (χ3v) is 3.41. The van der Waals surface area contributed by atoms with Crippen molar-refractivity contribution in [2.75, 3.05) is 6.54 Å². The molecule has 6 heteroatoms. The Bertz CT molecular complexity index is 748. The largest absolute Gasteiger partial charge is 0.481 e. The van der Waals surface area contributed by atoms with E-state index in [4.69, 9.17) is 4.74 Å². The van der Waals surface area contributed by atoms with Crippen LogP contribution in [-0.2, 0) is 11.3 Å². The average molecular weight is 298 g/mol. The Morgan fingerprint density at radius 1 is 1.27 bits per heavy atom. The third kappa shape index (κ3) is 3.11. The number of imidazole rings is 1. The average Bonchev–Trinajstić information content (AvgIpc) is 3.12. The molecule has 0 fully saturated rings. The van der Waals surface area contributed by atoms with Gasteiger partial charge in [0.1, 0.15) is 11.4 Å². The van der Waals surface area contributed by atoms with E-state index in [0.29, 0.717) is 18.8 Å². The molecule has 2 heterocycles. The highest BCUT2D eigenvalue weighted by molar-refractivity contribution is 5.80. The fourth-order valence-corrected chi connectivity index (χ4v) is 2.26. The molecule has 22 heavy (non-hydrogen) atoms. The maximum absolute atomic E-state index is 12.0. The Kier molecular flexibility index (Phi) is 4.09. The van der Waals surface area contributed by atoms with Gasteiger partial charge in [0.2, 0.25) is 0 Å². The maximum Gasteiger partial charge on any atom is 0.260 e. The number of ether oxygens (including phenoxy) is 1. The molecule has 0 aliphatic rings. The minimum Gasteiger partial charge on any atom is -0.481 e. The number of hydrogen-bond donors (Lipinski definition) is 1. The van der Waals surface area contributed by atoms with E-state index < -0.39 is 6.10 Å². The van der Waals surface area contributed by atoms with Gasteiger partial charge in [0, 0.05) is 31.5 Å². The number of carbonyl (C=O) groups is 1. The predicted octanol–water partition coefficient (Wildman–Crippen LogP) is 1.72. The van der Waals surface area contributed by atoms with Crippen molar-refractivity contribution in [1.82, 2.24) is 19.5 Å². The van der Waals surface area contributed by atoms with Gasteiger partial charge < -0.3 is 14.6 Å². The summed E-state index contributed by atoms with van der Waals surface area (Å²) in [6.07, 6.45) is 5.05. The van der Waals surface area contributed by atoms with Crippen molar-refractivity contribution in [2.45, 2.75) is 19.6 Å². The monoisotopic (exact) mass is 298 g/mol. The van der Waals surface area contributed by atoms with Crippen LogP contribution >= 0.6 is 0 Å². The minimum atomic E-state index is -0.526. The van der Waals surface area contributed by atoms with Crippen LogP contribution in [0.2, 0.25) is 0 Å². The Morgan fingerprint density at radius 3 is 2.91 bits per heavy atom. The lowest BCUT2D eigenvalue weighted by Gasteiger charge is -2.14. The van der Waals surface area contributed by atoms with E-state index in [1.54, 1.807) is 17.6 Å². The molecule has 0 bridgehead atoms. The molecule has 3 rings (SSSR count). The second-order valence-electron chi connectivity index (χ2n) is 4.99. The zero-order chi connectivity index (χ0) is 15.4. The molecule has 1 aromatic carbocycles. The first-order valence-corrected chi connectivity index (χ1v) is 7.22. The van der Waals surface area contributed by atoms with Crippen molar-refractivity contribution in [3.8, 4) is 5.75 Å². The topological polar surface area (TPSA) is 60.6 Å². The second kappa shape index (κ2) is 6.34. The van der Waals surface area contributed by atoms with Crippen molar-refractivity contribution in [3.05, 3.63) is 55.0 Å². The smallest absolute Gasteiger partial charge is 0.260 e. The van der Waals surface area contributed by atoms with Gasteiger partial charge in [0.05, 0.1) is 6.20 Å². The summed E-state index contributed by atoms with van der Waals surface area (Å²) in [6.45, 7) is 2.97. The van der Waals surface area contributed by atoms with Crippen LogP contribution in [0.4, 0.5) is 0 Å². The maximum atomic E-state index is 12.0. The molecular formula is C16H18N4O2. The fraction of sp³-hybridized carbons (Fsp3) is 0.250. The molecule has 114 valence electrons. The Labute approximate surface area is 128 Å². The molecule has 2 aromatic heterocycles. The van der Waals surface area contributed by atoms with Gasteiger partial charge in [-0.2, -0.15) is 5.10 Å². The standard InChI is InChI=1S/C16H18N4O2/c1-13(22-14-5-3-2-4-6-14)16(21)17-9-10-19-11-12-20-15(19)7-8-18-20/h2-8,11-13H,9-10H2,1H3,(H,17,21)/t13-/m0/s1. The van der Waals surface area contributed by atoms with Gasteiger partial charge >= 0.3 is 0 Å². The van der Waals surface area contributed by atoms with E-state index in [1.807, 2.05) is 53.4 Å². The molecule has 3 aromatic rings.